The molecule has 128 valence electrons. The number of nitrogens with one attached hydrogen (secondary N) is 1. The molecule has 0 aliphatic carbocycles. The van der Waals surface area contributed by atoms with Crippen molar-refractivity contribution in [3.8, 4) is 0 Å². The minimum atomic E-state index is -0.713. The number of methoxy groups -OCH3 is 1. The quantitative estimate of drug-likeness (QED) is 0.803. The minimum absolute atomic E-state index is 0.0837. The fraction of sp³-hybridized carbons (Fsp3) is 0.611. The number of hydrogen-bond donors (Lipinski definition) is 2. The molecule has 1 saturated heterocycles. The number of likely N-dealkylation sites (tertiary alicyclic amines) is 1. The van der Waals surface area contributed by atoms with Gasteiger partial charge in [-0.05, 0) is 38.9 Å². The van der Waals surface area contributed by atoms with Gasteiger partial charge in [-0.3, -0.25) is 4.79 Å². The molecule has 0 radical (unpaired) electrons. The Morgan fingerprint density at radius 2 is 2.13 bits per heavy atom. The van der Waals surface area contributed by atoms with E-state index in [0.717, 1.165) is 24.9 Å². The number of amides is 1. The number of likely N-dealkylation sites (N-methyl/N-ethyl adjacent to an activating group) is 1. The first-order valence-electron chi connectivity index (χ1n) is 8.28. The van der Waals surface area contributed by atoms with Crippen LogP contribution in [0.4, 0.5) is 0 Å². The molecule has 0 aromatic heterocycles. The molecule has 1 aromatic rings. The average molecular weight is 320 g/mol. The van der Waals surface area contributed by atoms with Gasteiger partial charge < -0.3 is 20.1 Å². The van der Waals surface area contributed by atoms with Crippen LogP contribution in [0.3, 0.4) is 0 Å². The fourth-order valence-electron chi connectivity index (χ4n) is 3.30. The molecule has 5 nitrogen and oxygen atoms in total. The highest BCUT2D eigenvalue weighted by Crippen LogP contribution is 2.22. The Labute approximate surface area is 138 Å². The largest absolute Gasteiger partial charge is 0.386 e. The number of benzene rings is 1. The van der Waals surface area contributed by atoms with Gasteiger partial charge in [0.15, 0.2) is 0 Å². The summed E-state index contributed by atoms with van der Waals surface area (Å²) in [5.41, 5.74) is 0.805. The number of hydrogen-bond acceptors (Lipinski definition) is 4. The first-order chi connectivity index (χ1) is 11.0. The lowest BCUT2D eigenvalue weighted by Gasteiger charge is -2.28. The second kappa shape index (κ2) is 8.43. The van der Waals surface area contributed by atoms with Crippen LogP contribution in [0, 0.1) is 0 Å². The van der Waals surface area contributed by atoms with Crippen molar-refractivity contribution in [3.63, 3.8) is 0 Å². The van der Waals surface area contributed by atoms with Gasteiger partial charge in [0.1, 0.15) is 0 Å². The summed E-state index contributed by atoms with van der Waals surface area (Å²) in [5.74, 6) is -0.0837. The van der Waals surface area contributed by atoms with Gasteiger partial charge in [-0.2, -0.15) is 0 Å². The van der Waals surface area contributed by atoms with Crippen LogP contribution in [0.25, 0.3) is 0 Å². The summed E-state index contributed by atoms with van der Waals surface area (Å²) in [7, 11) is 3.73. The van der Waals surface area contributed by atoms with Crippen LogP contribution in [-0.2, 0) is 9.53 Å². The highest BCUT2D eigenvalue weighted by atomic mass is 16.5. The van der Waals surface area contributed by atoms with Crippen molar-refractivity contribution in [2.45, 2.75) is 50.5 Å². The number of ether oxygens (including phenoxy) is 1. The number of nitrogens with zero attached hydrogens (tertiary/aromatic N) is 1. The number of aliphatic hydroxyl groups excluding tert-OH is 1. The van der Waals surface area contributed by atoms with Gasteiger partial charge in [-0.25, -0.2) is 0 Å². The molecule has 0 bridgehead atoms. The molecule has 3 unspecified atom stereocenters. The van der Waals surface area contributed by atoms with E-state index in [1.54, 1.807) is 7.11 Å². The first kappa shape index (κ1) is 17.9. The van der Waals surface area contributed by atoms with E-state index in [2.05, 4.69) is 17.3 Å². The van der Waals surface area contributed by atoms with E-state index in [0.29, 0.717) is 12.5 Å². The standard InChI is InChI=1S/C18H28N2O3/c1-13(18(22)14-8-5-4-6-9-14)19-17(21)12-16(23-3)15-10-7-11-20(15)2/h4-6,8-9,13,15-16,18,22H,7,10-12H2,1-3H3,(H,19,21)/t13-,15?,16?,18?/m1/s1. The molecule has 2 rings (SSSR count). The molecular weight excluding hydrogens is 292 g/mol. The van der Waals surface area contributed by atoms with Crippen LogP contribution >= 0.6 is 0 Å². The van der Waals surface area contributed by atoms with E-state index in [9.17, 15) is 9.90 Å². The van der Waals surface area contributed by atoms with Gasteiger partial charge in [0.05, 0.1) is 24.7 Å². The predicted molar refractivity (Wildman–Crippen MR) is 90.1 cm³/mol. The van der Waals surface area contributed by atoms with Gasteiger partial charge in [0.25, 0.3) is 0 Å². The summed E-state index contributed by atoms with van der Waals surface area (Å²) in [6.07, 6.45) is 1.70. The third-order valence-electron chi connectivity index (χ3n) is 4.70. The molecule has 23 heavy (non-hydrogen) atoms. The topological polar surface area (TPSA) is 61.8 Å². The van der Waals surface area contributed by atoms with Crippen molar-refractivity contribution in [3.05, 3.63) is 35.9 Å². The zero-order valence-corrected chi connectivity index (χ0v) is 14.2. The van der Waals surface area contributed by atoms with Gasteiger partial charge >= 0.3 is 0 Å². The summed E-state index contributed by atoms with van der Waals surface area (Å²) < 4.78 is 5.54. The Morgan fingerprint density at radius 1 is 1.43 bits per heavy atom. The summed E-state index contributed by atoms with van der Waals surface area (Å²) in [4.78, 5) is 14.6. The fourth-order valence-corrected chi connectivity index (χ4v) is 3.30. The summed E-state index contributed by atoms with van der Waals surface area (Å²) in [6.45, 7) is 2.87. The summed E-state index contributed by atoms with van der Waals surface area (Å²) >= 11 is 0. The molecule has 2 N–H and O–H groups in total. The predicted octanol–water partition coefficient (Wildman–Crippen LogP) is 1.72. The Morgan fingerprint density at radius 3 is 2.70 bits per heavy atom. The highest BCUT2D eigenvalue weighted by Gasteiger charge is 2.31. The van der Waals surface area contributed by atoms with Crippen LogP contribution in [0.5, 0.6) is 0 Å². The highest BCUT2D eigenvalue weighted by molar-refractivity contribution is 5.77. The maximum absolute atomic E-state index is 12.3. The van der Waals surface area contributed by atoms with Crippen molar-refractivity contribution in [2.24, 2.45) is 0 Å². The van der Waals surface area contributed by atoms with Crippen LogP contribution in [0.15, 0.2) is 30.3 Å². The molecule has 4 atom stereocenters. The maximum atomic E-state index is 12.3. The van der Waals surface area contributed by atoms with Gasteiger partial charge in [-0.1, -0.05) is 30.3 Å². The maximum Gasteiger partial charge on any atom is 0.222 e. The Balaban J connectivity index is 1.88. The SMILES string of the molecule is COC(CC(=O)N[C@H](C)C(O)c1ccccc1)C1CCCN1C. The zero-order chi connectivity index (χ0) is 16.8. The lowest BCUT2D eigenvalue weighted by Crippen LogP contribution is -2.43. The molecular formula is C18H28N2O3. The van der Waals surface area contributed by atoms with E-state index in [1.807, 2.05) is 37.3 Å². The normalized spacial score (nSPS) is 22.5. The van der Waals surface area contributed by atoms with Crippen molar-refractivity contribution in [2.75, 3.05) is 20.7 Å². The Bertz CT molecular complexity index is 494. The van der Waals surface area contributed by atoms with Crippen molar-refractivity contribution in [1.29, 1.82) is 0 Å². The first-order valence-corrected chi connectivity index (χ1v) is 8.28. The van der Waals surface area contributed by atoms with E-state index in [-0.39, 0.29) is 18.1 Å². The lowest BCUT2D eigenvalue weighted by atomic mass is 10.0. The number of rotatable bonds is 7. The van der Waals surface area contributed by atoms with Crippen molar-refractivity contribution >= 4 is 5.91 Å². The Kier molecular flexibility index (Phi) is 6.57. The second-order valence-corrected chi connectivity index (χ2v) is 6.38. The van der Waals surface area contributed by atoms with Gasteiger partial charge in [0.2, 0.25) is 5.91 Å². The summed E-state index contributed by atoms with van der Waals surface area (Å²) in [5, 5.41) is 13.2. The molecule has 0 spiro atoms. The smallest absolute Gasteiger partial charge is 0.222 e. The van der Waals surface area contributed by atoms with E-state index in [4.69, 9.17) is 4.74 Å². The van der Waals surface area contributed by atoms with Crippen LogP contribution < -0.4 is 5.32 Å². The Hall–Kier alpha value is -1.43. The number of carbonyl (C=O) groups excluding carboxylic acids is 1. The minimum Gasteiger partial charge on any atom is -0.386 e. The molecule has 0 saturated carbocycles. The monoisotopic (exact) mass is 320 g/mol. The molecule has 1 fully saturated rings. The van der Waals surface area contributed by atoms with Gasteiger partial charge in [0, 0.05) is 13.2 Å². The van der Waals surface area contributed by atoms with Crippen molar-refractivity contribution < 1.29 is 14.6 Å². The van der Waals surface area contributed by atoms with Gasteiger partial charge in [-0.15, -0.1) is 0 Å². The van der Waals surface area contributed by atoms with E-state index >= 15 is 0 Å². The van der Waals surface area contributed by atoms with Crippen molar-refractivity contribution in [1.82, 2.24) is 10.2 Å². The summed E-state index contributed by atoms with van der Waals surface area (Å²) in [6, 6.07) is 9.33. The third kappa shape index (κ3) is 4.77. The number of aliphatic hydroxyl groups is 1. The lowest BCUT2D eigenvalue weighted by molar-refractivity contribution is -0.126. The molecule has 1 aromatic carbocycles. The molecule has 1 aliphatic heterocycles. The molecule has 1 amide bonds. The van der Waals surface area contributed by atoms with Crippen LogP contribution in [0.1, 0.15) is 37.9 Å². The molecule has 1 heterocycles. The third-order valence-corrected chi connectivity index (χ3v) is 4.70. The molecule has 1 aliphatic rings. The van der Waals surface area contributed by atoms with Crippen LogP contribution in [0.2, 0.25) is 0 Å². The second-order valence-electron chi connectivity index (χ2n) is 6.38. The number of carbonyl (C=O) groups is 1. The molecule has 5 heteroatoms. The van der Waals surface area contributed by atoms with E-state index in [1.165, 1.54) is 0 Å². The zero-order valence-electron chi connectivity index (χ0n) is 14.2. The average Bonchev–Trinajstić information content (AvgIpc) is 2.98. The van der Waals surface area contributed by atoms with Crippen LogP contribution in [-0.4, -0.2) is 54.8 Å². The van der Waals surface area contributed by atoms with E-state index < -0.39 is 6.10 Å².